The Morgan fingerprint density at radius 1 is 1.11 bits per heavy atom. The van der Waals surface area contributed by atoms with Crippen molar-refractivity contribution >= 4 is 11.9 Å². The van der Waals surface area contributed by atoms with E-state index < -0.39 is 17.6 Å². The number of esters is 2. The molecule has 2 bridgehead atoms. The SMILES string of the molecule is CC(=O)O[C@H]1CC[C@@H]2N3CC[C@@]2(c2cc4c(cc2C3)OCO4)[C@H]1OC(C)=O. The molecular formula is C20H23NO6. The Morgan fingerprint density at radius 3 is 2.59 bits per heavy atom. The van der Waals surface area contributed by atoms with Crippen LogP contribution in [-0.4, -0.2) is 48.4 Å². The third-order valence-electron chi connectivity index (χ3n) is 6.50. The Hall–Kier alpha value is -2.28. The van der Waals surface area contributed by atoms with Gasteiger partial charge in [0.25, 0.3) is 0 Å². The van der Waals surface area contributed by atoms with Crippen molar-refractivity contribution < 1.29 is 28.5 Å². The summed E-state index contributed by atoms with van der Waals surface area (Å²) in [6.45, 7) is 4.82. The van der Waals surface area contributed by atoms with Crippen molar-refractivity contribution in [3.63, 3.8) is 0 Å². The van der Waals surface area contributed by atoms with E-state index in [0.717, 1.165) is 43.0 Å². The number of rotatable bonds is 2. The van der Waals surface area contributed by atoms with Gasteiger partial charge in [0.1, 0.15) is 12.2 Å². The zero-order chi connectivity index (χ0) is 18.8. The molecule has 0 radical (unpaired) electrons. The second-order valence-electron chi connectivity index (χ2n) is 7.89. The first-order chi connectivity index (χ1) is 13.0. The van der Waals surface area contributed by atoms with Crippen molar-refractivity contribution in [3.05, 3.63) is 23.3 Å². The summed E-state index contributed by atoms with van der Waals surface area (Å²) in [4.78, 5) is 26.1. The number of benzene rings is 1. The number of nitrogens with zero attached hydrogens (tertiary/aromatic N) is 1. The van der Waals surface area contributed by atoms with Crippen molar-refractivity contribution in [2.45, 2.75) is 63.3 Å². The fraction of sp³-hybridized carbons (Fsp3) is 0.600. The van der Waals surface area contributed by atoms with Crippen LogP contribution in [0.5, 0.6) is 11.5 Å². The molecule has 27 heavy (non-hydrogen) atoms. The van der Waals surface area contributed by atoms with Crippen LogP contribution in [0.1, 0.15) is 44.2 Å². The molecule has 0 N–H and O–H groups in total. The van der Waals surface area contributed by atoms with Crippen LogP contribution in [0.2, 0.25) is 0 Å². The van der Waals surface area contributed by atoms with E-state index in [9.17, 15) is 9.59 Å². The summed E-state index contributed by atoms with van der Waals surface area (Å²) < 4.78 is 22.7. The maximum Gasteiger partial charge on any atom is 0.303 e. The maximum absolute atomic E-state index is 12.0. The normalized spacial score (nSPS) is 35.2. The van der Waals surface area contributed by atoms with Gasteiger partial charge in [0, 0.05) is 26.4 Å². The summed E-state index contributed by atoms with van der Waals surface area (Å²) in [6, 6.07) is 4.37. The van der Waals surface area contributed by atoms with Gasteiger partial charge in [0.05, 0.1) is 5.41 Å². The summed E-state index contributed by atoms with van der Waals surface area (Å²) in [5.41, 5.74) is 1.93. The van der Waals surface area contributed by atoms with Gasteiger partial charge in [-0.15, -0.1) is 0 Å². The fourth-order valence-corrected chi connectivity index (χ4v) is 5.67. The smallest absolute Gasteiger partial charge is 0.303 e. The Balaban J connectivity index is 1.66. The molecule has 5 rings (SSSR count). The monoisotopic (exact) mass is 373 g/mol. The molecule has 1 unspecified atom stereocenters. The summed E-state index contributed by atoms with van der Waals surface area (Å²) >= 11 is 0. The number of hydrogen-bond acceptors (Lipinski definition) is 7. The average Bonchev–Trinajstić information content (AvgIpc) is 3.17. The Morgan fingerprint density at radius 2 is 1.85 bits per heavy atom. The molecular weight excluding hydrogens is 350 g/mol. The van der Waals surface area contributed by atoms with Crippen LogP contribution in [0.4, 0.5) is 0 Å². The maximum atomic E-state index is 12.0. The summed E-state index contributed by atoms with van der Waals surface area (Å²) in [7, 11) is 0. The van der Waals surface area contributed by atoms with E-state index in [0.29, 0.717) is 6.42 Å². The molecule has 1 aromatic carbocycles. The van der Waals surface area contributed by atoms with Crippen molar-refractivity contribution in [3.8, 4) is 11.5 Å². The minimum atomic E-state index is -0.498. The molecule has 5 atom stereocenters. The molecule has 0 spiro atoms. The van der Waals surface area contributed by atoms with Gasteiger partial charge in [-0.2, -0.15) is 0 Å². The van der Waals surface area contributed by atoms with E-state index in [4.69, 9.17) is 18.9 Å². The van der Waals surface area contributed by atoms with Gasteiger partial charge in [-0.05, 0) is 49.1 Å². The number of carbonyl (C=O) groups is 2. The number of ether oxygens (including phenoxy) is 4. The molecule has 3 heterocycles. The number of carbonyl (C=O) groups excluding carboxylic acids is 2. The Bertz CT molecular complexity index is 823. The molecule has 3 aliphatic heterocycles. The average molecular weight is 373 g/mol. The van der Waals surface area contributed by atoms with E-state index in [2.05, 4.69) is 11.0 Å². The van der Waals surface area contributed by atoms with Gasteiger partial charge >= 0.3 is 11.9 Å². The zero-order valence-electron chi connectivity index (χ0n) is 15.5. The lowest BCUT2D eigenvalue weighted by Gasteiger charge is -2.52. The Labute approximate surface area is 157 Å². The molecule has 7 nitrogen and oxygen atoms in total. The standard InChI is InChI=1S/C20H23NO6/c1-11(22)26-15-3-4-18-20(19(15)27-12(2)23)5-6-21(18)9-13-7-16-17(8-14(13)20)25-10-24-16/h7-8,15,18-19H,3-6,9-10H2,1-2H3/t15-,18-,19-,20-/m0/s1. The van der Waals surface area contributed by atoms with E-state index in [1.54, 1.807) is 0 Å². The van der Waals surface area contributed by atoms with Gasteiger partial charge < -0.3 is 18.9 Å². The minimum absolute atomic E-state index is 0.224. The van der Waals surface area contributed by atoms with Crippen LogP contribution in [0, 0.1) is 0 Å². The van der Waals surface area contributed by atoms with Gasteiger partial charge in [-0.25, -0.2) is 0 Å². The second-order valence-corrected chi connectivity index (χ2v) is 7.89. The highest BCUT2D eigenvalue weighted by Gasteiger charge is 2.63. The predicted molar refractivity (Wildman–Crippen MR) is 93.4 cm³/mol. The van der Waals surface area contributed by atoms with Crippen LogP contribution < -0.4 is 9.47 Å². The largest absolute Gasteiger partial charge is 0.459 e. The lowest BCUT2D eigenvalue weighted by Crippen LogP contribution is -2.62. The van der Waals surface area contributed by atoms with E-state index >= 15 is 0 Å². The third kappa shape index (κ3) is 2.37. The van der Waals surface area contributed by atoms with E-state index in [1.807, 2.05) is 6.07 Å². The number of fused-ring (bicyclic) bond motifs is 2. The van der Waals surface area contributed by atoms with E-state index in [-0.39, 0.29) is 24.8 Å². The van der Waals surface area contributed by atoms with E-state index in [1.165, 1.54) is 19.4 Å². The topological polar surface area (TPSA) is 74.3 Å². The van der Waals surface area contributed by atoms with Crippen molar-refractivity contribution in [1.29, 1.82) is 0 Å². The zero-order valence-corrected chi connectivity index (χ0v) is 15.5. The first kappa shape index (κ1) is 16.9. The molecule has 1 saturated carbocycles. The van der Waals surface area contributed by atoms with Gasteiger partial charge in [0.15, 0.2) is 11.5 Å². The first-order valence-electron chi connectivity index (χ1n) is 9.50. The quantitative estimate of drug-likeness (QED) is 0.733. The Kier molecular flexibility index (Phi) is 3.66. The molecule has 144 valence electrons. The highest BCUT2D eigenvalue weighted by molar-refractivity contribution is 5.68. The van der Waals surface area contributed by atoms with Gasteiger partial charge in [-0.3, -0.25) is 14.5 Å². The highest BCUT2D eigenvalue weighted by atomic mass is 16.7. The van der Waals surface area contributed by atoms with Gasteiger partial charge in [-0.1, -0.05) is 0 Å². The lowest BCUT2D eigenvalue weighted by molar-refractivity contribution is -0.180. The first-order valence-corrected chi connectivity index (χ1v) is 9.50. The van der Waals surface area contributed by atoms with Gasteiger partial charge in [0.2, 0.25) is 6.79 Å². The van der Waals surface area contributed by atoms with Crippen LogP contribution >= 0.6 is 0 Å². The summed E-state index contributed by atoms with van der Waals surface area (Å²) in [5.74, 6) is 0.807. The molecule has 0 aromatic heterocycles. The fourth-order valence-electron chi connectivity index (χ4n) is 5.67. The highest BCUT2D eigenvalue weighted by Crippen LogP contribution is 2.56. The molecule has 1 saturated heterocycles. The second kappa shape index (κ2) is 5.86. The van der Waals surface area contributed by atoms with Crippen molar-refractivity contribution in [2.24, 2.45) is 0 Å². The van der Waals surface area contributed by atoms with Crippen LogP contribution in [0.15, 0.2) is 12.1 Å². The number of hydrogen-bond donors (Lipinski definition) is 0. The lowest BCUT2D eigenvalue weighted by atomic mass is 9.61. The third-order valence-corrected chi connectivity index (χ3v) is 6.50. The minimum Gasteiger partial charge on any atom is -0.459 e. The molecule has 2 fully saturated rings. The van der Waals surface area contributed by atoms with Crippen molar-refractivity contribution in [1.82, 2.24) is 4.90 Å². The van der Waals surface area contributed by atoms with Crippen molar-refractivity contribution in [2.75, 3.05) is 13.3 Å². The molecule has 7 heteroatoms. The summed E-state index contributed by atoms with van der Waals surface area (Å²) in [6.07, 6.45) is 1.53. The molecule has 0 amide bonds. The molecule has 4 aliphatic rings. The summed E-state index contributed by atoms with van der Waals surface area (Å²) in [5, 5.41) is 0. The molecule has 1 aromatic rings. The van der Waals surface area contributed by atoms with Crippen LogP contribution in [0.25, 0.3) is 0 Å². The molecule has 1 aliphatic carbocycles. The van der Waals surface area contributed by atoms with Crippen LogP contribution in [0.3, 0.4) is 0 Å². The van der Waals surface area contributed by atoms with Crippen LogP contribution in [-0.2, 0) is 31.0 Å². The predicted octanol–water partition coefficient (Wildman–Crippen LogP) is 1.90.